The topological polar surface area (TPSA) is 9.23 Å². The zero-order valence-electron chi connectivity index (χ0n) is 14.4. The van der Waals surface area contributed by atoms with Crippen LogP contribution in [-0.2, 0) is 4.74 Å². The van der Waals surface area contributed by atoms with Crippen LogP contribution in [-0.4, -0.2) is 49.3 Å². The molecule has 15 heteroatoms. The van der Waals surface area contributed by atoms with Gasteiger partial charge in [0.05, 0.1) is 13.3 Å². The molecule has 1 nitrogen and oxygen atoms in total. The zero-order valence-corrected chi connectivity index (χ0v) is 14.4. The van der Waals surface area contributed by atoms with E-state index in [-0.39, 0.29) is 0 Å². The highest BCUT2D eigenvalue weighted by molar-refractivity contribution is 4.96. The number of hydrogen-bond acceptors (Lipinski definition) is 1. The van der Waals surface area contributed by atoms with E-state index in [4.69, 9.17) is 0 Å². The second-order valence-electron chi connectivity index (χ2n) is 5.99. The summed E-state index contributed by atoms with van der Waals surface area (Å²) in [6.07, 6.45) is -22.2. The van der Waals surface area contributed by atoms with E-state index in [0.717, 1.165) is 0 Å². The van der Waals surface area contributed by atoms with Crippen LogP contribution in [0.5, 0.6) is 0 Å². The lowest BCUT2D eigenvalue weighted by Gasteiger charge is -2.37. The normalized spacial score (nSPS) is 15.1. The van der Waals surface area contributed by atoms with E-state index in [9.17, 15) is 61.5 Å². The van der Waals surface area contributed by atoms with Gasteiger partial charge in [0.1, 0.15) is 0 Å². The number of halogens is 14. The summed E-state index contributed by atoms with van der Waals surface area (Å²) in [7, 11) is 0. The van der Waals surface area contributed by atoms with E-state index in [1.807, 2.05) is 4.74 Å². The highest BCUT2D eigenvalue weighted by atomic mass is 19.4. The Morgan fingerprint density at radius 1 is 0.448 bits per heavy atom. The summed E-state index contributed by atoms with van der Waals surface area (Å²) in [4.78, 5) is 0. The van der Waals surface area contributed by atoms with Gasteiger partial charge in [0.25, 0.3) is 0 Å². The Morgan fingerprint density at radius 2 is 0.724 bits per heavy atom. The van der Waals surface area contributed by atoms with Gasteiger partial charge in [-0.15, -0.1) is 0 Å². The van der Waals surface area contributed by atoms with Crippen LogP contribution in [0, 0.1) is 0 Å². The first-order valence-electron chi connectivity index (χ1n) is 7.92. The minimum Gasteiger partial charge on any atom is -0.251 e. The van der Waals surface area contributed by atoms with E-state index in [2.05, 4.69) is 0 Å². The molecule has 0 aliphatic heterocycles. The first-order chi connectivity index (χ1) is 12.8. The van der Waals surface area contributed by atoms with Crippen LogP contribution in [0.1, 0.15) is 38.5 Å². The van der Waals surface area contributed by atoms with Crippen molar-refractivity contribution in [3.05, 3.63) is 0 Å². The fourth-order valence-electron chi connectivity index (χ4n) is 1.91. The number of alkyl halides is 14. The van der Waals surface area contributed by atoms with Crippen LogP contribution in [0.3, 0.4) is 0 Å². The fourth-order valence-corrected chi connectivity index (χ4v) is 1.91. The third kappa shape index (κ3) is 6.00. The molecule has 0 bridgehead atoms. The summed E-state index contributed by atoms with van der Waals surface area (Å²) in [5.41, 5.74) is 0. The maximum Gasteiger partial charge on any atom is 0.430 e. The fraction of sp³-hybridized carbons (Fsp3) is 1.00. The van der Waals surface area contributed by atoms with Gasteiger partial charge >= 0.3 is 35.9 Å². The van der Waals surface area contributed by atoms with Crippen LogP contribution in [0.4, 0.5) is 61.5 Å². The molecule has 0 amide bonds. The summed E-state index contributed by atoms with van der Waals surface area (Å²) in [6.45, 7) is -2.62. The first-order valence-corrected chi connectivity index (χ1v) is 7.92. The molecule has 0 heterocycles. The second kappa shape index (κ2) is 9.41. The van der Waals surface area contributed by atoms with Crippen molar-refractivity contribution in [3.8, 4) is 0 Å². The molecule has 0 aliphatic carbocycles. The minimum atomic E-state index is -7.02. The van der Waals surface area contributed by atoms with Crippen molar-refractivity contribution in [2.24, 2.45) is 0 Å². The van der Waals surface area contributed by atoms with Crippen molar-refractivity contribution in [2.45, 2.75) is 74.4 Å². The summed E-state index contributed by atoms with van der Waals surface area (Å²) in [5, 5.41) is 0. The molecule has 0 radical (unpaired) electrons. The first kappa shape index (κ1) is 28.0. The van der Waals surface area contributed by atoms with Gasteiger partial charge in [-0.25, -0.2) is 4.74 Å². The van der Waals surface area contributed by atoms with E-state index in [1.54, 1.807) is 0 Å². The van der Waals surface area contributed by atoms with Crippen LogP contribution in [0.25, 0.3) is 0 Å². The zero-order chi connectivity index (χ0) is 23.4. The van der Waals surface area contributed by atoms with Crippen molar-refractivity contribution in [1.82, 2.24) is 0 Å². The van der Waals surface area contributed by atoms with E-state index in [0.29, 0.717) is 0 Å². The SMILES string of the molecule is FCCCCC(F)(F)C(F)(F)C(F)(F)OC(F)(F)C(F)(F)C(F)(F)CCCCF. The molecule has 0 aromatic heterocycles. The monoisotopic (exact) mass is 466 g/mol. The lowest BCUT2D eigenvalue weighted by atomic mass is 10.0. The van der Waals surface area contributed by atoms with Crippen molar-refractivity contribution in [3.63, 3.8) is 0 Å². The molecule has 0 spiro atoms. The molecule has 0 atom stereocenters. The predicted octanol–water partition coefficient (Wildman–Crippen LogP) is 7.01. The van der Waals surface area contributed by atoms with Gasteiger partial charge < -0.3 is 0 Å². The Balaban J connectivity index is 5.64. The van der Waals surface area contributed by atoms with Gasteiger partial charge in [0.2, 0.25) is 0 Å². The maximum absolute atomic E-state index is 13.3. The van der Waals surface area contributed by atoms with Gasteiger partial charge in [0, 0.05) is 12.8 Å². The van der Waals surface area contributed by atoms with Crippen molar-refractivity contribution < 1.29 is 66.2 Å². The maximum atomic E-state index is 13.3. The van der Waals surface area contributed by atoms with Gasteiger partial charge in [-0.3, -0.25) is 8.78 Å². The third-order valence-electron chi connectivity index (χ3n) is 3.65. The van der Waals surface area contributed by atoms with Crippen molar-refractivity contribution >= 4 is 0 Å². The van der Waals surface area contributed by atoms with Gasteiger partial charge in [-0.05, 0) is 25.7 Å². The average Bonchev–Trinajstić information content (AvgIpc) is 2.53. The molecule has 0 aromatic carbocycles. The number of ether oxygens (including phenoxy) is 1. The van der Waals surface area contributed by atoms with Crippen LogP contribution in [0.2, 0.25) is 0 Å². The molecule has 0 aromatic rings. The highest BCUT2D eigenvalue weighted by Gasteiger charge is 2.80. The van der Waals surface area contributed by atoms with Gasteiger partial charge in [-0.2, -0.15) is 52.7 Å². The minimum absolute atomic E-state index is 0.794. The summed E-state index contributed by atoms with van der Waals surface area (Å²) < 4.78 is 185. The van der Waals surface area contributed by atoms with Crippen molar-refractivity contribution in [2.75, 3.05) is 13.3 Å². The summed E-state index contributed by atoms with van der Waals surface area (Å²) in [6, 6.07) is 0. The third-order valence-corrected chi connectivity index (χ3v) is 3.65. The number of unbranched alkanes of at least 4 members (excludes halogenated alkanes) is 2. The molecule has 176 valence electrons. The molecule has 0 saturated heterocycles. The Hall–Kier alpha value is -1.02. The van der Waals surface area contributed by atoms with E-state index >= 15 is 0 Å². The lowest BCUT2D eigenvalue weighted by Crippen LogP contribution is -2.62. The quantitative estimate of drug-likeness (QED) is 0.198. The number of hydrogen-bond donors (Lipinski definition) is 0. The predicted molar refractivity (Wildman–Crippen MR) is 70.4 cm³/mol. The Kier molecular flexibility index (Phi) is 9.08. The molecule has 0 rings (SSSR count). The Bertz CT molecular complexity index is 461. The smallest absolute Gasteiger partial charge is 0.251 e. The molecule has 0 saturated carbocycles. The largest absolute Gasteiger partial charge is 0.430 e. The van der Waals surface area contributed by atoms with Crippen LogP contribution in [0.15, 0.2) is 0 Å². The molecule has 0 N–H and O–H groups in total. The molecule has 0 fully saturated rings. The van der Waals surface area contributed by atoms with Gasteiger partial charge in [-0.1, -0.05) is 0 Å². The molecule has 29 heavy (non-hydrogen) atoms. The van der Waals surface area contributed by atoms with E-state index in [1.165, 1.54) is 0 Å². The number of rotatable bonds is 14. The second-order valence-corrected chi connectivity index (χ2v) is 5.99. The average molecular weight is 466 g/mol. The summed E-state index contributed by atoms with van der Waals surface area (Å²) >= 11 is 0. The van der Waals surface area contributed by atoms with E-state index < -0.39 is 87.8 Å². The Morgan fingerprint density at radius 3 is 0.966 bits per heavy atom. The van der Waals surface area contributed by atoms with Crippen LogP contribution < -0.4 is 0 Å². The molecule has 0 unspecified atom stereocenters. The van der Waals surface area contributed by atoms with Crippen molar-refractivity contribution in [1.29, 1.82) is 0 Å². The highest BCUT2D eigenvalue weighted by Crippen LogP contribution is 2.55. The molecular formula is C14H16F14O. The van der Waals surface area contributed by atoms with Crippen LogP contribution >= 0.6 is 0 Å². The standard InChI is InChI=1S/C14H16F14O/c15-7-3-1-5-9(17,18)11(21,22)13(25,26)29-14(27,28)12(23,24)10(19,20)6-2-4-8-16/h1-8H2. The summed E-state index contributed by atoms with van der Waals surface area (Å²) in [5.74, 6) is -25.3. The Labute approximate surface area is 155 Å². The van der Waals surface area contributed by atoms with Gasteiger partial charge in [0.15, 0.2) is 0 Å². The lowest BCUT2D eigenvalue weighted by molar-refractivity contribution is -0.500. The molecular weight excluding hydrogens is 450 g/mol. The molecule has 0 aliphatic rings.